The number of nitrogens with zero attached hydrogens (tertiary/aromatic N) is 2. The quantitative estimate of drug-likeness (QED) is 0.509. The lowest BCUT2D eigenvalue weighted by molar-refractivity contribution is -0.137. The number of carbonyl (C=O) groups excluding carboxylic acids is 3. The van der Waals surface area contributed by atoms with Crippen LogP contribution < -0.4 is 10.6 Å². The predicted molar refractivity (Wildman–Crippen MR) is 86.6 cm³/mol. The fourth-order valence-electron chi connectivity index (χ4n) is 2.75. The monoisotopic (exact) mass is 322 g/mol. The minimum Gasteiger partial charge on any atom is -0.340 e. The normalized spacial score (nSPS) is 19.7. The second kappa shape index (κ2) is 9.42. The Balaban J connectivity index is 1.60. The highest BCUT2D eigenvalue weighted by molar-refractivity contribution is 6.12. The summed E-state index contributed by atoms with van der Waals surface area (Å²) in [5, 5.41) is 6.59. The van der Waals surface area contributed by atoms with Gasteiger partial charge in [-0.1, -0.05) is 6.42 Å². The first-order valence-electron chi connectivity index (χ1n) is 8.41. The lowest BCUT2D eigenvalue weighted by Crippen LogP contribution is -2.38. The van der Waals surface area contributed by atoms with Crippen LogP contribution in [-0.4, -0.2) is 73.3 Å². The molecule has 0 saturated carbocycles. The maximum Gasteiger partial charge on any atom is 0.253 e. The van der Waals surface area contributed by atoms with E-state index in [0.29, 0.717) is 13.0 Å². The van der Waals surface area contributed by atoms with Gasteiger partial charge in [0.05, 0.1) is 0 Å². The van der Waals surface area contributed by atoms with E-state index in [-0.39, 0.29) is 17.7 Å². The van der Waals surface area contributed by atoms with Crippen molar-refractivity contribution in [3.05, 3.63) is 12.2 Å². The number of nitrogens with one attached hydrogen (secondary N) is 2. The van der Waals surface area contributed by atoms with Crippen LogP contribution in [0, 0.1) is 0 Å². The molecule has 0 aliphatic carbocycles. The van der Waals surface area contributed by atoms with Crippen LogP contribution in [0.1, 0.15) is 25.7 Å². The molecule has 0 radical (unpaired) electrons. The molecular weight excluding hydrogens is 296 g/mol. The summed E-state index contributed by atoms with van der Waals surface area (Å²) in [5.74, 6) is -0.281. The van der Waals surface area contributed by atoms with Gasteiger partial charge in [-0.25, -0.2) is 0 Å². The summed E-state index contributed by atoms with van der Waals surface area (Å²) in [7, 11) is 0. The molecule has 2 aliphatic heterocycles. The second-order valence-corrected chi connectivity index (χ2v) is 5.85. The largest absolute Gasteiger partial charge is 0.340 e. The van der Waals surface area contributed by atoms with E-state index in [1.54, 1.807) is 0 Å². The van der Waals surface area contributed by atoms with Crippen LogP contribution in [0.2, 0.25) is 0 Å². The molecule has 0 unspecified atom stereocenters. The molecule has 1 saturated heterocycles. The van der Waals surface area contributed by atoms with Gasteiger partial charge in [-0.15, -0.1) is 0 Å². The number of amides is 3. The summed E-state index contributed by atoms with van der Waals surface area (Å²) in [4.78, 5) is 38.2. The average Bonchev–Trinajstić information content (AvgIpc) is 2.93. The van der Waals surface area contributed by atoms with Gasteiger partial charge in [-0.05, 0) is 12.8 Å². The van der Waals surface area contributed by atoms with Crippen LogP contribution in [0.15, 0.2) is 12.2 Å². The van der Waals surface area contributed by atoms with Crippen molar-refractivity contribution >= 4 is 17.7 Å². The van der Waals surface area contributed by atoms with Crippen molar-refractivity contribution in [1.82, 2.24) is 20.4 Å². The van der Waals surface area contributed by atoms with Crippen LogP contribution in [-0.2, 0) is 14.4 Å². The zero-order valence-electron chi connectivity index (χ0n) is 13.6. The highest BCUT2D eigenvalue weighted by atomic mass is 16.2. The molecule has 3 amide bonds. The highest BCUT2D eigenvalue weighted by Gasteiger charge is 2.22. The molecule has 0 aromatic rings. The number of carbonyl (C=O) groups is 3. The van der Waals surface area contributed by atoms with E-state index in [0.717, 1.165) is 58.5 Å². The smallest absolute Gasteiger partial charge is 0.253 e. The molecule has 0 atom stereocenters. The molecule has 0 aromatic heterocycles. The third kappa shape index (κ3) is 5.76. The summed E-state index contributed by atoms with van der Waals surface area (Å²) < 4.78 is 0. The van der Waals surface area contributed by atoms with Crippen LogP contribution in [0.3, 0.4) is 0 Å². The first kappa shape index (κ1) is 17.6. The third-order valence-corrected chi connectivity index (χ3v) is 4.12. The SMILES string of the molecule is O=C(CCCCCN1C(=O)C=CC1=O)N1CCNCCNCC1. The Morgan fingerprint density at radius 2 is 1.52 bits per heavy atom. The number of rotatable bonds is 6. The minimum atomic E-state index is -0.234. The molecule has 7 heteroatoms. The molecule has 2 rings (SSSR count). The standard InChI is InChI=1S/C16H26N4O3/c21-14(19-12-9-17-7-8-18-10-13-19)4-2-1-3-11-20-15(22)5-6-16(20)23/h5-6,17-18H,1-4,7-13H2. The van der Waals surface area contributed by atoms with Gasteiger partial charge in [-0.3, -0.25) is 19.3 Å². The van der Waals surface area contributed by atoms with Gasteiger partial charge < -0.3 is 15.5 Å². The van der Waals surface area contributed by atoms with Gasteiger partial charge in [0.25, 0.3) is 11.8 Å². The first-order valence-corrected chi connectivity index (χ1v) is 8.41. The first-order chi connectivity index (χ1) is 11.2. The molecule has 23 heavy (non-hydrogen) atoms. The van der Waals surface area contributed by atoms with Gasteiger partial charge in [0, 0.05) is 64.4 Å². The van der Waals surface area contributed by atoms with Crippen LogP contribution in [0.5, 0.6) is 0 Å². The molecule has 2 heterocycles. The Bertz CT molecular complexity index is 436. The molecule has 0 spiro atoms. The van der Waals surface area contributed by atoms with Gasteiger partial charge in [0.1, 0.15) is 0 Å². The summed E-state index contributed by atoms with van der Waals surface area (Å²) in [6.45, 7) is 5.48. The number of imide groups is 1. The number of hydrogen-bond acceptors (Lipinski definition) is 5. The fraction of sp³-hybridized carbons (Fsp3) is 0.688. The maximum atomic E-state index is 12.2. The second-order valence-electron chi connectivity index (χ2n) is 5.85. The van der Waals surface area contributed by atoms with Crippen LogP contribution in [0.4, 0.5) is 0 Å². The fourth-order valence-corrected chi connectivity index (χ4v) is 2.75. The molecule has 2 N–H and O–H groups in total. The molecule has 0 aromatic carbocycles. The molecule has 7 nitrogen and oxygen atoms in total. The van der Waals surface area contributed by atoms with Crippen molar-refractivity contribution in [3.63, 3.8) is 0 Å². The summed E-state index contributed by atoms with van der Waals surface area (Å²) in [6.07, 6.45) is 5.51. The Hall–Kier alpha value is -1.73. The van der Waals surface area contributed by atoms with E-state index in [9.17, 15) is 14.4 Å². The van der Waals surface area contributed by atoms with Crippen molar-refractivity contribution in [3.8, 4) is 0 Å². The van der Waals surface area contributed by atoms with E-state index in [1.165, 1.54) is 17.1 Å². The van der Waals surface area contributed by atoms with E-state index in [2.05, 4.69) is 10.6 Å². The molecule has 0 bridgehead atoms. The maximum absolute atomic E-state index is 12.2. The molecule has 1 fully saturated rings. The lowest BCUT2D eigenvalue weighted by atomic mass is 10.1. The zero-order chi connectivity index (χ0) is 16.5. The third-order valence-electron chi connectivity index (χ3n) is 4.12. The van der Waals surface area contributed by atoms with E-state index >= 15 is 0 Å². The average molecular weight is 322 g/mol. The Morgan fingerprint density at radius 3 is 2.13 bits per heavy atom. The Labute approximate surface area is 137 Å². The molecule has 2 aliphatic rings. The van der Waals surface area contributed by atoms with E-state index < -0.39 is 0 Å². The lowest BCUT2D eigenvalue weighted by Gasteiger charge is -2.22. The van der Waals surface area contributed by atoms with Crippen molar-refractivity contribution in [2.75, 3.05) is 45.8 Å². The minimum absolute atomic E-state index is 0.186. The predicted octanol–water partition coefficient (Wildman–Crippen LogP) is -0.507. The van der Waals surface area contributed by atoms with Gasteiger partial charge in [-0.2, -0.15) is 0 Å². The zero-order valence-corrected chi connectivity index (χ0v) is 13.6. The van der Waals surface area contributed by atoms with Crippen LogP contribution in [0.25, 0.3) is 0 Å². The highest BCUT2D eigenvalue weighted by Crippen LogP contribution is 2.08. The van der Waals surface area contributed by atoms with Crippen molar-refractivity contribution in [2.45, 2.75) is 25.7 Å². The summed E-state index contributed by atoms with van der Waals surface area (Å²) in [6, 6.07) is 0. The molecular formula is C16H26N4O3. The summed E-state index contributed by atoms with van der Waals surface area (Å²) in [5.41, 5.74) is 0. The van der Waals surface area contributed by atoms with Gasteiger partial charge in [0.15, 0.2) is 0 Å². The van der Waals surface area contributed by atoms with Crippen molar-refractivity contribution < 1.29 is 14.4 Å². The van der Waals surface area contributed by atoms with Gasteiger partial charge >= 0.3 is 0 Å². The van der Waals surface area contributed by atoms with Crippen molar-refractivity contribution in [2.24, 2.45) is 0 Å². The number of unbranched alkanes of at least 4 members (excludes halogenated alkanes) is 2. The Morgan fingerprint density at radius 1 is 0.913 bits per heavy atom. The number of hydrogen-bond donors (Lipinski definition) is 2. The van der Waals surface area contributed by atoms with Gasteiger partial charge in [0.2, 0.25) is 5.91 Å². The topological polar surface area (TPSA) is 81.8 Å². The summed E-state index contributed by atoms with van der Waals surface area (Å²) >= 11 is 0. The van der Waals surface area contributed by atoms with Crippen molar-refractivity contribution in [1.29, 1.82) is 0 Å². The van der Waals surface area contributed by atoms with Crippen LogP contribution >= 0.6 is 0 Å². The van der Waals surface area contributed by atoms with E-state index in [4.69, 9.17) is 0 Å². The molecule has 128 valence electrons. The van der Waals surface area contributed by atoms with E-state index in [1.807, 2.05) is 4.90 Å². The Kier molecular flexibility index (Phi) is 7.22.